The lowest BCUT2D eigenvalue weighted by atomic mass is 10.2. The minimum absolute atomic E-state index is 0.307. The van der Waals surface area contributed by atoms with Crippen molar-refractivity contribution >= 4 is 16.0 Å². The predicted molar refractivity (Wildman–Crippen MR) is 92.9 cm³/mol. The van der Waals surface area contributed by atoms with Crippen LogP contribution in [0.4, 0.5) is 0 Å². The first-order chi connectivity index (χ1) is 10.9. The summed E-state index contributed by atoms with van der Waals surface area (Å²) in [6.45, 7) is 5.54. The summed E-state index contributed by atoms with van der Waals surface area (Å²) in [4.78, 5) is 7.24. The number of guanidine groups is 1. The highest BCUT2D eigenvalue weighted by Crippen LogP contribution is 2.15. The number of benzene rings is 1. The molecule has 1 aromatic rings. The number of rotatable bonds is 5. The normalized spacial score (nSPS) is 16.2. The lowest BCUT2D eigenvalue weighted by molar-refractivity contribution is 0.493. The molecule has 0 atom stereocenters. The molecule has 0 radical (unpaired) electrons. The van der Waals surface area contributed by atoms with Gasteiger partial charge in [-0.05, 0) is 37.5 Å². The fourth-order valence-corrected chi connectivity index (χ4v) is 3.40. The third kappa shape index (κ3) is 4.45. The molecule has 0 aromatic heterocycles. The summed E-state index contributed by atoms with van der Waals surface area (Å²) in [6, 6.07) is 6.94. The van der Waals surface area contributed by atoms with Crippen molar-refractivity contribution < 1.29 is 8.42 Å². The fourth-order valence-electron chi connectivity index (χ4n) is 2.50. The molecule has 0 unspecified atom stereocenters. The van der Waals surface area contributed by atoms with Gasteiger partial charge in [0.2, 0.25) is 10.0 Å². The van der Waals surface area contributed by atoms with E-state index in [0.717, 1.165) is 31.2 Å². The minimum Gasteiger partial charge on any atom is -0.357 e. The summed E-state index contributed by atoms with van der Waals surface area (Å²) < 4.78 is 25.3. The van der Waals surface area contributed by atoms with Crippen LogP contribution in [0, 0.1) is 0 Å². The lowest BCUT2D eigenvalue weighted by Crippen LogP contribution is -2.39. The van der Waals surface area contributed by atoms with E-state index in [1.165, 1.54) is 31.2 Å². The lowest BCUT2D eigenvalue weighted by Gasteiger charge is -2.20. The van der Waals surface area contributed by atoms with Gasteiger partial charge in [-0.3, -0.25) is 0 Å². The molecule has 128 valence electrons. The number of nitrogens with zero attached hydrogens (tertiary/aromatic N) is 3. The first-order valence-electron chi connectivity index (χ1n) is 8.00. The Morgan fingerprint density at radius 3 is 2.35 bits per heavy atom. The van der Waals surface area contributed by atoms with Gasteiger partial charge in [-0.2, -0.15) is 0 Å². The second-order valence-electron chi connectivity index (χ2n) is 5.80. The summed E-state index contributed by atoms with van der Waals surface area (Å²) >= 11 is 0. The Labute approximate surface area is 139 Å². The third-order valence-electron chi connectivity index (χ3n) is 3.85. The zero-order valence-corrected chi connectivity index (χ0v) is 14.9. The third-order valence-corrected chi connectivity index (χ3v) is 5.68. The first kappa shape index (κ1) is 17.7. The molecular weight excluding hydrogens is 312 g/mol. The maximum atomic E-state index is 12.1. The maximum Gasteiger partial charge on any atom is 0.242 e. The highest BCUT2D eigenvalue weighted by molar-refractivity contribution is 7.89. The van der Waals surface area contributed by atoms with E-state index < -0.39 is 10.0 Å². The number of sulfonamides is 1. The van der Waals surface area contributed by atoms with Crippen molar-refractivity contribution in [2.45, 2.75) is 31.2 Å². The van der Waals surface area contributed by atoms with Gasteiger partial charge >= 0.3 is 0 Å². The molecule has 6 nitrogen and oxygen atoms in total. The molecule has 1 aliphatic rings. The van der Waals surface area contributed by atoms with E-state index in [9.17, 15) is 8.42 Å². The van der Waals surface area contributed by atoms with Gasteiger partial charge in [0, 0.05) is 33.7 Å². The Bertz CT molecular complexity index is 633. The van der Waals surface area contributed by atoms with Crippen LogP contribution in [0.1, 0.15) is 25.3 Å². The van der Waals surface area contributed by atoms with Crippen LogP contribution in [-0.4, -0.2) is 57.3 Å². The standard InChI is InChI=1S/C16H26N4O2S/c1-4-17-16(20-11-5-6-12-20)18-13-14-7-9-15(10-8-14)23(21,22)19(2)3/h7-10H,4-6,11-13H2,1-3H3,(H,17,18). The number of hydrogen-bond acceptors (Lipinski definition) is 3. The summed E-state index contributed by atoms with van der Waals surface area (Å²) in [5, 5.41) is 3.32. The Morgan fingerprint density at radius 1 is 1.22 bits per heavy atom. The van der Waals surface area contributed by atoms with E-state index >= 15 is 0 Å². The largest absolute Gasteiger partial charge is 0.357 e. The highest BCUT2D eigenvalue weighted by atomic mass is 32.2. The van der Waals surface area contributed by atoms with E-state index in [2.05, 4.69) is 22.1 Å². The van der Waals surface area contributed by atoms with Crippen LogP contribution in [-0.2, 0) is 16.6 Å². The van der Waals surface area contributed by atoms with Crippen molar-refractivity contribution in [1.29, 1.82) is 0 Å². The summed E-state index contributed by atoms with van der Waals surface area (Å²) in [6.07, 6.45) is 2.42. The summed E-state index contributed by atoms with van der Waals surface area (Å²) in [5.41, 5.74) is 0.998. The zero-order valence-electron chi connectivity index (χ0n) is 14.1. The Morgan fingerprint density at radius 2 is 1.83 bits per heavy atom. The summed E-state index contributed by atoms with van der Waals surface area (Å²) in [7, 11) is -0.302. The zero-order chi connectivity index (χ0) is 16.9. The van der Waals surface area contributed by atoms with Gasteiger partial charge in [0.1, 0.15) is 0 Å². The molecule has 0 saturated carbocycles. The quantitative estimate of drug-likeness (QED) is 0.653. The van der Waals surface area contributed by atoms with E-state index in [1.54, 1.807) is 12.1 Å². The Balaban J connectivity index is 2.09. The molecule has 0 amide bonds. The van der Waals surface area contributed by atoms with Gasteiger partial charge in [-0.1, -0.05) is 12.1 Å². The number of hydrogen-bond donors (Lipinski definition) is 1. The van der Waals surface area contributed by atoms with Gasteiger partial charge in [0.25, 0.3) is 0 Å². The summed E-state index contributed by atoms with van der Waals surface area (Å²) in [5.74, 6) is 0.940. The van der Waals surface area contributed by atoms with Gasteiger partial charge in [0.15, 0.2) is 5.96 Å². The molecule has 0 spiro atoms. The van der Waals surface area contributed by atoms with E-state index in [-0.39, 0.29) is 0 Å². The van der Waals surface area contributed by atoms with Gasteiger partial charge in [-0.25, -0.2) is 17.7 Å². The SMILES string of the molecule is CCNC(=NCc1ccc(S(=O)(=O)N(C)C)cc1)N1CCCC1. The van der Waals surface area contributed by atoms with Crippen molar-refractivity contribution in [3.05, 3.63) is 29.8 Å². The molecule has 1 aromatic carbocycles. The van der Waals surface area contributed by atoms with Crippen LogP contribution in [0.2, 0.25) is 0 Å². The molecule has 1 heterocycles. The van der Waals surface area contributed by atoms with Crippen molar-refractivity contribution in [1.82, 2.24) is 14.5 Å². The topological polar surface area (TPSA) is 65.0 Å². The molecule has 7 heteroatoms. The van der Waals surface area contributed by atoms with Gasteiger partial charge in [0.05, 0.1) is 11.4 Å². The van der Waals surface area contributed by atoms with Crippen LogP contribution in [0.15, 0.2) is 34.2 Å². The van der Waals surface area contributed by atoms with Crippen molar-refractivity contribution in [3.8, 4) is 0 Å². The average Bonchev–Trinajstić information content (AvgIpc) is 3.06. The number of likely N-dealkylation sites (tertiary alicyclic amines) is 1. The van der Waals surface area contributed by atoms with E-state index in [4.69, 9.17) is 0 Å². The molecule has 1 saturated heterocycles. The Kier molecular flexibility index (Phi) is 6.01. The second kappa shape index (κ2) is 7.79. The van der Waals surface area contributed by atoms with E-state index in [1.807, 2.05) is 12.1 Å². The van der Waals surface area contributed by atoms with Crippen LogP contribution in [0.5, 0.6) is 0 Å². The van der Waals surface area contributed by atoms with Gasteiger partial charge < -0.3 is 10.2 Å². The monoisotopic (exact) mass is 338 g/mol. The van der Waals surface area contributed by atoms with Crippen molar-refractivity contribution in [3.63, 3.8) is 0 Å². The number of aliphatic imine (C=N–C) groups is 1. The highest BCUT2D eigenvalue weighted by Gasteiger charge is 2.17. The van der Waals surface area contributed by atoms with Crippen molar-refractivity contribution in [2.75, 3.05) is 33.7 Å². The Hall–Kier alpha value is -1.60. The van der Waals surface area contributed by atoms with Crippen LogP contribution >= 0.6 is 0 Å². The molecule has 0 bridgehead atoms. The average molecular weight is 338 g/mol. The first-order valence-corrected chi connectivity index (χ1v) is 9.44. The molecule has 0 aliphatic carbocycles. The molecular formula is C16H26N4O2S. The van der Waals surface area contributed by atoms with Crippen LogP contribution in [0.3, 0.4) is 0 Å². The maximum absolute atomic E-state index is 12.1. The second-order valence-corrected chi connectivity index (χ2v) is 7.95. The molecule has 1 N–H and O–H groups in total. The molecule has 2 rings (SSSR count). The van der Waals surface area contributed by atoms with E-state index in [0.29, 0.717) is 11.4 Å². The smallest absolute Gasteiger partial charge is 0.242 e. The minimum atomic E-state index is -3.37. The molecule has 1 fully saturated rings. The predicted octanol–water partition coefficient (Wildman–Crippen LogP) is 1.50. The molecule has 23 heavy (non-hydrogen) atoms. The van der Waals surface area contributed by atoms with Crippen molar-refractivity contribution in [2.24, 2.45) is 4.99 Å². The van der Waals surface area contributed by atoms with Crippen LogP contribution in [0.25, 0.3) is 0 Å². The van der Waals surface area contributed by atoms with Crippen LogP contribution < -0.4 is 5.32 Å². The number of nitrogens with one attached hydrogen (secondary N) is 1. The molecule has 1 aliphatic heterocycles. The van der Waals surface area contributed by atoms with Gasteiger partial charge in [-0.15, -0.1) is 0 Å². The fraction of sp³-hybridized carbons (Fsp3) is 0.562.